The molecule has 1 aromatic carbocycles. The number of aromatic nitrogens is 2. The standard InChI is InChI=1S/C19H24N4O5.ClH/c1-26-15-5-4-11(8-16(15)27-2)14(9-17(24)28-3)21-19(25)18-12-10-20-7-6-13(12)22-23-18;/h4-5,8,14,20H,6-7,9-10H2,1-3H3,(H,21,25)(H,22,23);1H. The van der Waals surface area contributed by atoms with Crippen molar-refractivity contribution in [1.29, 1.82) is 0 Å². The summed E-state index contributed by atoms with van der Waals surface area (Å²) in [5.41, 5.74) is 2.84. The smallest absolute Gasteiger partial charge is 0.307 e. The molecule has 0 radical (unpaired) electrons. The van der Waals surface area contributed by atoms with Crippen LogP contribution in [0.15, 0.2) is 18.2 Å². The Morgan fingerprint density at radius 2 is 1.97 bits per heavy atom. The Balaban J connectivity index is 0.00000300. The molecular weight excluding hydrogens is 400 g/mol. The lowest BCUT2D eigenvalue weighted by Crippen LogP contribution is -2.32. The molecule has 0 fully saturated rings. The SMILES string of the molecule is COC(=O)CC(NC(=O)c1n[nH]c2c1CNCC2)c1ccc(OC)c(OC)c1.Cl. The number of esters is 1. The Kier molecular flexibility index (Phi) is 7.86. The van der Waals surface area contributed by atoms with Crippen molar-refractivity contribution in [2.45, 2.75) is 25.4 Å². The Hall–Kier alpha value is -2.78. The molecule has 9 nitrogen and oxygen atoms in total. The van der Waals surface area contributed by atoms with Crippen molar-refractivity contribution in [3.05, 3.63) is 40.7 Å². The number of hydrogen-bond donors (Lipinski definition) is 3. The van der Waals surface area contributed by atoms with Gasteiger partial charge in [0.2, 0.25) is 0 Å². The van der Waals surface area contributed by atoms with E-state index in [9.17, 15) is 9.59 Å². The van der Waals surface area contributed by atoms with Gasteiger partial charge in [-0.2, -0.15) is 5.10 Å². The van der Waals surface area contributed by atoms with E-state index in [0.29, 0.717) is 29.3 Å². The van der Waals surface area contributed by atoms with E-state index in [1.165, 1.54) is 14.2 Å². The largest absolute Gasteiger partial charge is 0.493 e. The van der Waals surface area contributed by atoms with Crippen LogP contribution in [0.3, 0.4) is 0 Å². The average molecular weight is 425 g/mol. The van der Waals surface area contributed by atoms with E-state index in [2.05, 4.69) is 20.8 Å². The maximum absolute atomic E-state index is 12.9. The number of amides is 1. The second-order valence-electron chi connectivity index (χ2n) is 6.38. The number of nitrogens with one attached hydrogen (secondary N) is 3. The molecule has 10 heteroatoms. The molecule has 0 bridgehead atoms. The maximum Gasteiger partial charge on any atom is 0.307 e. The molecule has 2 aromatic rings. The molecule has 0 aliphatic carbocycles. The van der Waals surface area contributed by atoms with Gasteiger partial charge in [0.1, 0.15) is 0 Å². The Labute approximate surface area is 174 Å². The fourth-order valence-electron chi connectivity index (χ4n) is 3.21. The maximum atomic E-state index is 12.9. The van der Waals surface area contributed by atoms with Crippen LogP contribution in [-0.4, -0.2) is 49.9 Å². The van der Waals surface area contributed by atoms with Gasteiger partial charge in [0.05, 0.1) is 33.8 Å². The molecule has 158 valence electrons. The van der Waals surface area contributed by atoms with Crippen LogP contribution in [0.4, 0.5) is 0 Å². The van der Waals surface area contributed by atoms with E-state index in [1.54, 1.807) is 25.3 Å². The molecule has 1 unspecified atom stereocenters. The van der Waals surface area contributed by atoms with Gasteiger partial charge in [0.25, 0.3) is 5.91 Å². The number of H-pyrrole nitrogens is 1. The lowest BCUT2D eigenvalue weighted by molar-refractivity contribution is -0.141. The molecule has 0 spiro atoms. The Morgan fingerprint density at radius 1 is 1.21 bits per heavy atom. The zero-order valence-corrected chi connectivity index (χ0v) is 17.4. The van der Waals surface area contributed by atoms with Crippen LogP contribution in [0.25, 0.3) is 0 Å². The van der Waals surface area contributed by atoms with Crippen LogP contribution in [0.5, 0.6) is 11.5 Å². The van der Waals surface area contributed by atoms with Gasteiger partial charge in [0, 0.05) is 30.8 Å². The number of methoxy groups -OCH3 is 3. The zero-order valence-electron chi connectivity index (χ0n) is 16.5. The van der Waals surface area contributed by atoms with Crippen molar-refractivity contribution in [3.8, 4) is 11.5 Å². The van der Waals surface area contributed by atoms with Crippen molar-refractivity contribution in [2.24, 2.45) is 0 Å². The first kappa shape index (κ1) is 22.5. The molecule has 3 N–H and O–H groups in total. The van der Waals surface area contributed by atoms with Gasteiger partial charge in [-0.1, -0.05) is 6.07 Å². The molecule has 0 saturated heterocycles. The number of ether oxygens (including phenoxy) is 3. The van der Waals surface area contributed by atoms with E-state index >= 15 is 0 Å². The molecule has 3 rings (SSSR count). The summed E-state index contributed by atoms with van der Waals surface area (Å²) in [6.45, 7) is 1.42. The van der Waals surface area contributed by atoms with E-state index < -0.39 is 12.0 Å². The Bertz CT molecular complexity index is 870. The van der Waals surface area contributed by atoms with Crippen LogP contribution in [0.1, 0.15) is 39.8 Å². The first-order valence-electron chi connectivity index (χ1n) is 8.93. The number of fused-ring (bicyclic) bond motifs is 1. The first-order chi connectivity index (χ1) is 13.6. The van der Waals surface area contributed by atoms with E-state index in [4.69, 9.17) is 14.2 Å². The Morgan fingerprint density at radius 3 is 2.66 bits per heavy atom. The predicted octanol–water partition coefficient (Wildman–Crippen LogP) is 1.53. The lowest BCUT2D eigenvalue weighted by Gasteiger charge is -2.20. The minimum atomic E-state index is -0.608. The highest BCUT2D eigenvalue weighted by Crippen LogP contribution is 2.31. The van der Waals surface area contributed by atoms with Crippen molar-refractivity contribution >= 4 is 24.3 Å². The summed E-state index contributed by atoms with van der Waals surface area (Å²) in [5, 5.41) is 13.2. The quantitative estimate of drug-likeness (QED) is 0.577. The molecule has 29 heavy (non-hydrogen) atoms. The highest BCUT2D eigenvalue weighted by molar-refractivity contribution is 5.94. The molecule has 1 aliphatic rings. The van der Waals surface area contributed by atoms with Crippen LogP contribution in [-0.2, 0) is 22.5 Å². The minimum absolute atomic E-state index is 0. The number of carbonyl (C=O) groups excluding carboxylic acids is 2. The zero-order chi connectivity index (χ0) is 20.1. The second-order valence-corrected chi connectivity index (χ2v) is 6.38. The number of aromatic amines is 1. The number of rotatable bonds is 7. The molecular formula is C19H25ClN4O5. The summed E-state index contributed by atoms with van der Waals surface area (Å²) >= 11 is 0. The number of hydrogen-bond acceptors (Lipinski definition) is 7. The summed E-state index contributed by atoms with van der Waals surface area (Å²) < 4.78 is 15.4. The number of halogens is 1. The number of carbonyl (C=O) groups is 2. The summed E-state index contributed by atoms with van der Waals surface area (Å²) in [6.07, 6.45) is 0.763. The summed E-state index contributed by atoms with van der Waals surface area (Å²) in [7, 11) is 4.38. The fourth-order valence-corrected chi connectivity index (χ4v) is 3.21. The van der Waals surface area contributed by atoms with Crippen LogP contribution < -0.4 is 20.1 Å². The second kappa shape index (κ2) is 10.1. The van der Waals surface area contributed by atoms with Crippen LogP contribution in [0, 0.1) is 0 Å². The minimum Gasteiger partial charge on any atom is -0.493 e. The van der Waals surface area contributed by atoms with Crippen molar-refractivity contribution in [1.82, 2.24) is 20.8 Å². The van der Waals surface area contributed by atoms with Gasteiger partial charge in [-0.05, 0) is 17.7 Å². The summed E-state index contributed by atoms with van der Waals surface area (Å²) in [6, 6.07) is 4.62. The summed E-state index contributed by atoms with van der Waals surface area (Å²) in [5.74, 6) is 0.267. The average Bonchev–Trinajstić information content (AvgIpc) is 3.16. The third-order valence-corrected chi connectivity index (χ3v) is 4.74. The molecule has 1 aromatic heterocycles. The number of nitrogens with zero attached hydrogens (tertiary/aromatic N) is 1. The predicted molar refractivity (Wildman–Crippen MR) is 108 cm³/mol. The van der Waals surface area contributed by atoms with Gasteiger partial charge in [0.15, 0.2) is 17.2 Å². The lowest BCUT2D eigenvalue weighted by atomic mass is 10.0. The topological polar surface area (TPSA) is 115 Å². The fraction of sp³-hybridized carbons (Fsp3) is 0.421. The third-order valence-electron chi connectivity index (χ3n) is 4.74. The van der Waals surface area contributed by atoms with Gasteiger partial charge in [-0.15, -0.1) is 12.4 Å². The van der Waals surface area contributed by atoms with Crippen LogP contribution in [0.2, 0.25) is 0 Å². The third kappa shape index (κ3) is 4.99. The number of benzene rings is 1. The van der Waals surface area contributed by atoms with E-state index in [0.717, 1.165) is 24.2 Å². The van der Waals surface area contributed by atoms with Gasteiger partial charge in [-0.25, -0.2) is 0 Å². The first-order valence-corrected chi connectivity index (χ1v) is 8.93. The van der Waals surface area contributed by atoms with Crippen molar-refractivity contribution in [3.63, 3.8) is 0 Å². The molecule has 1 atom stereocenters. The highest BCUT2D eigenvalue weighted by Gasteiger charge is 2.26. The van der Waals surface area contributed by atoms with Crippen molar-refractivity contribution < 1.29 is 23.8 Å². The highest BCUT2D eigenvalue weighted by atomic mass is 35.5. The van der Waals surface area contributed by atoms with Crippen LogP contribution >= 0.6 is 12.4 Å². The molecule has 1 amide bonds. The molecule has 2 heterocycles. The molecule has 1 aliphatic heterocycles. The molecule has 0 saturated carbocycles. The van der Waals surface area contributed by atoms with Gasteiger partial charge in [-0.3, -0.25) is 14.7 Å². The normalized spacial score (nSPS) is 13.5. The van der Waals surface area contributed by atoms with Gasteiger partial charge >= 0.3 is 5.97 Å². The van der Waals surface area contributed by atoms with E-state index in [-0.39, 0.29) is 24.7 Å². The van der Waals surface area contributed by atoms with E-state index in [1.807, 2.05) is 0 Å². The monoisotopic (exact) mass is 424 g/mol. The van der Waals surface area contributed by atoms with Crippen molar-refractivity contribution in [2.75, 3.05) is 27.9 Å². The van der Waals surface area contributed by atoms with Gasteiger partial charge < -0.3 is 24.8 Å². The summed E-state index contributed by atoms with van der Waals surface area (Å²) in [4.78, 5) is 24.8.